The molecule has 1 aliphatic carbocycles. The predicted octanol–water partition coefficient (Wildman–Crippen LogP) is 1.07. The molecule has 0 heterocycles. The van der Waals surface area contributed by atoms with Gasteiger partial charge in [0.2, 0.25) is 5.91 Å². The molecule has 26 heavy (non-hydrogen) atoms. The largest absolute Gasteiger partial charge is 0.481 e. The number of esters is 1. The lowest BCUT2D eigenvalue weighted by atomic mass is 9.75. The number of carbonyl (C=O) groups is 3. The maximum absolute atomic E-state index is 12.0. The van der Waals surface area contributed by atoms with Gasteiger partial charge in [-0.15, -0.1) is 0 Å². The highest BCUT2D eigenvalue weighted by Gasteiger charge is 2.35. The molecular weight excluding hydrogens is 340 g/mol. The van der Waals surface area contributed by atoms with E-state index < -0.39 is 42.0 Å². The number of carboxylic acid groups (broad SMARTS) is 1. The molecule has 0 aromatic rings. The van der Waals surface area contributed by atoms with Crippen molar-refractivity contribution in [3.8, 4) is 0 Å². The lowest BCUT2D eigenvalue weighted by Crippen LogP contribution is -2.52. The molecule has 0 bridgehead atoms. The van der Waals surface area contributed by atoms with Gasteiger partial charge in [0, 0.05) is 0 Å². The summed E-state index contributed by atoms with van der Waals surface area (Å²) in [5.41, 5.74) is 5.09. The predicted molar refractivity (Wildman–Crippen MR) is 95.3 cm³/mol. The number of nitrogens with one attached hydrogen (secondary N) is 1. The number of carbonyl (C=O) groups excluding carboxylic acids is 2. The van der Waals surface area contributed by atoms with Crippen LogP contribution >= 0.6 is 0 Å². The van der Waals surface area contributed by atoms with Crippen molar-refractivity contribution in [3.63, 3.8) is 0 Å². The first-order valence-electron chi connectivity index (χ1n) is 9.06. The molecule has 0 spiro atoms. The quantitative estimate of drug-likeness (QED) is 0.516. The minimum atomic E-state index is -1.24. The second-order valence-corrected chi connectivity index (χ2v) is 7.66. The summed E-state index contributed by atoms with van der Waals surface area (Å²) < 4.78 is 10.7. The van der Waals surface area contributed by atoms with Crippen LogP contribution in [0.5, 0.6) is 0 Å². The zero-order valence-electron chi connectivity index (χ0n) is 16.1. The number of ether oxygens (including phenoxy) is 2. The molecule has 0 radical (unpaired) electrons. The molecule has 0 unspecified atom stereocenters. The molecule has 2 atom stereocenters. The number of hydrogen-bond acceptors (Lipinski definition) is 6. The van der Waals surface area contributed by atoms with E-state index in [9.17, 15) is 14.4 Å². The van der Waals surface area contributed by atoms with E-state index >= 15 is 0 Å². The van der Waals surface area contributed by atoms with E-state index in [0.717, 1.165) is 31.6 Å². The standard InChI is InChI=1S/C18H32N2O6/c1-11-5-7-12(8-6-11)18(2,3)26-10-14(17(24)25-4)20-16(23)13(19)9-15(21)22/h11-14H,5-10,19H2,1-4H3,(H,20,23)(H,21,22)/t11?,12?,13-,14-/m0/s1. The monoisotopic (exact) mass is 372 g/mol. The lowest BCUT2D eigenvalue weighted by Gasteiger charge is -2.39. The number of methoxy groups -OCH3 is 1. The van der Waals surface area contributed by atoms with Crippen LogP contribution in [0.3, 0.4) is 0 Å². The third-order valence-corrected chi connectivity index (χ3v) is 5.15. The molecule has 150 valence electrons. The zero-order chi connectivity index (χ0) is 19.9. The van der Waals surface area contributed by atoms with Crippen molar-refractivity contribution in [2.75, 3.05) is 13.7 Å². The van der Waals surface area contributed by atoms with Crippen molar-refractivity contribution in [2.24, 2.45) is 17.6 Å². The van der Waals surface area contributed by atoms with Gasteiger partial charge in [-0.1, -0.05) is 19.8 Å². The summed E-state index contributed by atoms with van der Waals surface area (Å²) in [7, 11) is 1.21. The van der Waals surface area contributed by atoms with Crippen LogP contribution in [-0.4, -0.2) is 54.4 Å². The highest BCUT2D eigenvalue weighted by molar-refractivity contribution is 5.89. The Hall–Kier alpha value is -1.67. The van der Waals surface area contributed by atoms with Crippen molar-refractivity contribution >= 4 is 17.8 Å². The molecule has 1 rings (SSSR count). The zero-order valence-corrected chi connectivity index (χ0v) is 16.1. The maximum Gasteiger partial charge on any atom is 0.330 e. The van der Waals surface area contributed by atoms with Gasteiger partial charge in [0.1, 0.15) is 0 Å². The Morgan fingerprint density at radius 2 is 1.81 bits per heavy atom. The topological polar surface area (TPSA) is 128 Å². The second-order valence-electron chi connectivity index (χ2n) is 7.66. The van der Waals surface area contributed by atoms with Gasteiger partial charge in [-0.05, 0) is 38.5 Å². The number of amides is 1. The van der Waals surface area contributed by atoms with Gasteiger partial charge in [0.15, 0.2) is 6.04 Å². The van der Waals surface area contributed by atoms with E-state index in [4.69, 9.17) is 20.3 Å². The molecule has 1 saturated carbocycles. The van der Waals surface area contributed by atoms with Gasteiger partial charge in [-0.3, -0.25) is 9.59 Å². The molecule has 0 aromatic carbocycles. The Bertz CT molecular complexity index is 500. The summed E-state index contributed by atoms with van der Waals surface area (Å²) >= 11 is 0. The lowest BCUT2D eigenvalue weighted by molar-refractivity contribution is -0.151. The van der Waals surface area contributed by atoms with Crippen molar-refractivity contribution in [1.82, 2.24) is 5.32 Å². The highest BCUT2D eigenvalue weighted by Crippen LogP contribution is 2.37. The highest BCUT2D eigenvalue weighted by atomic mass is 16.5. The number of hydrogen-bond donors (Lipinski definition) is 3. The Morgan fingerprint density at radius 3 is 2.31 bits per heavy atom. The number of rotatable bonds is 9. The Labute approximate surface area is 154 Å². The van der Waals surface area contributed by atoms with Crippen LogP contribution in [0.2, 0.25) is 0 Å². The second kappa shape index (κ2) is 9.87. The summed E-state index contributed by atoms with van der Waals surface area (Å²) in [4.78, 5) is 34.6. The SMILES string of the molecule is COC(=O)[C@H](COC(C)(C)C1CCC(C)CC1)NC(=O)[C@@H](N)CC(=O)O. The van der Waals surface area contributed by atoms with Crippen LogP contribution in [-0.2, 0) is 23.9 Å². The Kier molecular flexibility index (Phi) is 8.49. The molecule has 0 aliphatic heterocycles. The van der Waals surface area contributed by atoms with E-state index in [-0.39, 0.29) is 6.61 Å². The summed E-state index contributed by atoms with van der Waals surface area (Å²) in [6.07, 6.45) is 3.91. The Morgan fingerprint density at radius 1 is 1.23 bits per heavy atom. The summed E-state index contributed by atoms with van der Waals surface area (Å²) in [5, 5.41) is 11.1. The molecular formula is C18H32N2O6. The van der Waals surface area contributed by atoms with Crippen molar-refractivity contribution in [2.45, 2.75) is 70.6 Å². The van der Waals surface area contributed by atoms with Crippen LogP contribution in [0.4, 0.5) is 0 Å². The first-order valence-corrected chi connectivity index (χ1v) is 9.06. The van der Waals surface area contributed by atoms with Crippen molar-refractivity contribution in [1.29, 1.82) is 0 Å². The minimum Gasteiger partial charge on any atom is -0.481 e. The average molecular weight is 372 g/mol. The molecule has 1 amide bonds. The van der Waals surface area contributed by atoms with E-state index in [2.05, 4.69) is 12.2 Å². The van der Waals surface area contributed by atoms with Crippen LogP contribution < -0.4 is 11.1 Å². The fourth-order valence-corrected chi connectivity index (χ4v) is 3.24. The van der Waals surface area contributed by atoms with Crippen LogP contribution in [0.25, 0.3) is 0 Å². The van der Waals surface area contributed by atoms with Crippen molar-refractivity contribution in [3.05, 3.63) is 0 Å². The van der Waals surface area contributed by atoms with Gasteiger partial charge in [-0.25, -0.2) is 4.79 Å². The summed E-state index contributed by atoms with van der Waals surface area (Å²) in [5.74, 6) is -1.47. The number of aliphatic carboxylic acids is 1. The summed E-state index contributed by atoms with van der Waals surface area (Å²) in [6.45, 7) is 6.16. The fraction of sp³-hybridized carbons (Fsp3) is 0.833. The van der Waals surface area contributed by atoms with Gasteiger partial charge in [0.25, 0.3) is 0 Å². The fourth-order valence-electron chi connectivity index (χ4n) is 3.24. The molecule has 8 heteroatoms. The first-order chi connectivity index (χ1) is 12.1. The third-order valence-electron chi connectivity index (χ3n) is 5.15. The van der Waals surface area contributed by atoms with Crippen LogP contribution in [0, 0.1) is 11.8 Å². The number of carboxylic acids is 1. The van der Waals surface area contributed by atoms with Gasteiger partial charge in [0.05, 0.1) is 31.8 Å². The van der Waals surface area contributed by atoms with E-state index in [1.165, 1.54) is 7.11 Å². The number of nitrogens with two attached hydrogens (primary N) is 1. The molecule has 0 saturated heterocycles. The van der Waals surface area contributed by atoms with Crippen LogP contribution in [0.1, 0.15) is 52.9 Å². The van der Waals surface area contributed by atoms with E-state index in [1.807, 2.05) is 13.8 Å². The van der Waals surface area contributed by atoms with E-state index in [1.54, 1.807) is 0 Å². The smallest absolute Gasteiger partial charge is 0.330 e. The molecule has 1 aliphatic rings. The normalized spacial score (nSPS) is 23.0. The molecule has 0 aromatic heterocycles. The molecule has 1 fully saturated rings. The van der Waals surface area contributed by atoms with Gasteiger partial charge >= 0.3 is 11.9 Å². The molecule has 4 N–H and O–H groups in total. The van der Waals surface area contributed by atoms with E-state index in [0.29, 0.717) is 5.92 Å². The average Bonchev–Trinajstić information content (AvgIpc) is 2.57. The van der Waals surface area contributed by atoms with Crippen molar-refractivity contribution < 1.29 is 29.0 Å². The molecule has 8 nitrogen and oxygen atoms in total. The first kappa shape index (κ1) is 22.4. The van der Waals surface area contributed by atoms with Crippen LogP contribution in [0.15, 0.2) is 0 Å². The Balaban J connectivity index is 2.65. The minimum absolute atomic E-state index is 0.0583. The third kappa shape index (κ3) is 6.92. The summed E-state index contributed by atoms with van der Waals surface area (Å²) in [6, 6.07) is -2.28. The maximum atomic E-state index is 12.0. The van der Waals surface area contributed by atoms with Gasteiger partial charge < -0.3 is 25.6 Å². The van der Waals surface area contributed by atoms with Gasteiger partial charge in [-0.2, -0.15) is 0 Å².